The molecule has 0 atom stereocenters. The van der Waals surface area contributed by atoms with Gasteiger partial charge in [-0.15, -0.1) is 0 Å². The Morgan fingerprint density at radius 3 is 3.00 bits per heavy atom. The second-order valence-corrected chi connectivity index (χ2v) is 2.79. The quantitative estimate of drug-likeness (QED) is 0.633. The van der Waals surface area contributed by atoms with Gasteiger partial charge < -0.3 is 4.40 Å². The predicted octanol–water partition coefficient (Wildman–Crippen LogP) is 2.04. The van der Waals surface area contributed by atoms with Crippen molar-refractivity contribution in [3.8, 4) is 0 Å². The molecule has 56 valence electrons. The van der Waals surface area contributed by atoms with Crippen LogP contribution in [0.5, 0.6) is 0 Å². The van der Waals surface area contributed by atoms with Crippen LogP contribution in [-0.4, -0.2) is 14.4 Å². The van der Waals surface area contributed by atoms with E-state index in [9.17, 15) is 0 Å². The molecule has 0 aromatic carbocycles. The Balaban J connectivity index is 2.91. The van der Waals surface area contributed by atoms with E-state index in [-0.39, 0.29) is 0 Å². The Hall–Kier alpha value is -0.800. The summed E-state index contributed by atoms with van der Waals surface area (Å²) in [5, 5.41) is 0.732. The zero-order valence-corrected chi connectivity index (χ0v) is 6.84. The zero-order valence-electron chi connectivity index (χ0n) is 5.33. The molecule has 2 heterocycles. The van der Waals surface area contributed by atoms with E-state index in [0.29, 0.717) is 10.3 Å². The number of aromatic nitrogens is 3. The van der Waals surface area contributed by atoms with Gasteiger partial charge in [-0.05, 0) is 0 Å². The molecule has 0 unspecified atom stereocenters. The second-order valence-electron chi connectivity index (χ2n) is 2.04. The summed E-state index contributed by atoms with van der Waals surface area (Å²) >= 11 is 11.4. The highest BCUT2D eigenvalue weighted by Gasteiger charge is 2.01. The van der Waals surface area contributed by atoms with Crippen LogP contribution in [0.4, 0.5) is 0 Å². The average Bonchev–Trinajstić information content (AvgIpc) is 2.34. The van der Waals surface area contributed by atoms with Gasteiger partial charge in [0.1, 0.15) is 10.7 Å². The standard InChI is InChI=1S/C6H3Cl2N3/c7-5-2-11-3-9-1-4(11)6(8)10-5/h1-3H. The van der Waals surface area contributed by atoms with Crippen molar-refractivity contribution in [1.29, 1.82) is 0 Å². The number of imidazole rings is 1. The van der Waals surface area contributed by atoms with Gasteiger partial charge in [-0.1, -0.05) is 23.2 Å². The third-order valence-electron chi connectivity index (χ3n) is 1.33. The second kappa shape index (κ2) is 2.36. The largest absolute Gasteiger partial charge is 0.300 e. The number of hydrogen-bond acceptors (Lipinski definition) is 2. The van der Waals surface area contributed by atoms with Crippen molar-refractivity contribution < 1.29 is 0 Å². The Labute approximate surface area is 72.6 Å². The van der Waals surface area contributed by atoms with Crippen LogP contribution in [0, 0.1) is 0 Å². The molecule has 0 spiro atoms. The number of fused-ring (bicyclic) bond motifs is 1. The van der Waals surface area contributed by atoms with Crippen LogP contribution in [0.1, 0.15) is 0 Å². The first kappa shape index (κ1) is 6.88. The lowest BCUT2D eigenvalue weighted by Crippen LogP contribution is -1.85. The normalized spacial score (nSPS) is 10.7. The highest BCUT2D eigenvalue weighted by Crippen LogP contribution is 2.16. The number of rotatable bonds is 0. The first-order chi connectivity index (χ1) is 5.27. The zero-order chi connectivity index (χ0) is 7.84. The van der Waals surface area contributed by atoms with Crippen molar-refractivity contribution in [3.63, 3.8) is 0 Å². The van der Waals surface area contributed by atoms with Crippen LogP contribution in [0.25, 0.3) is 5.52 Å². The summed E-state index contributed by atoms with van der Waals surface area (Å²) in [6.45, 7) is 0. The van der Waals surface area contributed by atoms with Crippen LogP contribution in [0.3, 0.4) is 0 Å². The molecule has 0 saturated carbocycles. The lowest BCUT2D eigenvalue weighted by Gasteiger charge is -1.95. The lowest BCUT2D eigenvalue weighted by atomic mass is 10.6. The first-order valence-corrected chi connectivity index (χ1v) is 3.66. The fraction of sp³-hybridized carbons (Fsp3) is 0. The van der Waals surface area contributed by atoms with Gasteiger partial charge in [0.15, 0.2) is 5.15 Å². The van der Waals surface area contributed by atoms with Crippen molar-refractivity contribution in [2.45, 2.75) is 0 Å². The molecular formula is C6H3Cl2N3. The van der Waals surface area contributed by atoms with E-state index in [4.69, 9.17) is 23.2 Å². The topological polar surface area (TPSA) is 30.2 Å². The number of hydrogen-bond donors (Lipinski definition) is 0. The van der Waals surface area contributed by atoms with Gasteiger partial charge in [0.25, 0.3) is 0 Å². The fourth-order valence-electron chi connectivity index (χ4n) is 0.862. The van der Waals surface area contributed by atoms with Crippen molar-refractivity contribution >= 4 is 28.7 Å². The third-order valence-corrected chi connectivity index (χ3v) is 1.79. The van der Waals surface area contributed by atoms with Crippen molar-refractivity contribution in [1.82, 2.24) is 14.4 Å². The van der Waals surface area contributed by atoms with Crippen LogP contribution in [-0.2, 0) is 0 Å². The lowest BCUT2D eigenvalue weighted by molar-refractivity contribution is 1.12. The van der Waals surface area contributed by atoms with Gasteiger partial charge in [0.2, 0.25) is 0 Å². The molecule has 2 aromatic heterocycles. The summed E-state index contributed by atoms with van der Waals surface area (Å²) in [5.74, 6) is 0. The minimum Gasteiger partial charge on any atom is -0.300 e. The molecule has 3 nitrogen and oxygen atoms in total. The molecule has 2 rings (SSSR count). The first-order valence-electron chi connectivity index (χ1n) is 2.91. The summed E-state index contributed by atoms with van der Waals surface area (Å²) in [7, 11) is 0. The fourth-order valence-corrected chi connectivity index (χ4v) is 1.33. The van der Waals surface area contributed by atoms with E-state index in [1.807, 2.05) is 0 Å². The molecular weight excluding hydrogens is 185 g/mol. The molecule has 11 heavy (non-hydrogen) atoms. The summed E-state index contributed by atoms with van der Waals surface area (Å²) in [6.07, 6.45) is 4.90. The summed E-state index contributed by atoms with van der Waals surface area (Å²) < 4.78 is 1.72. The Kier molecular flexibility index (Phi) is 1.47. The number of nitrogens with zero attached hydrogens (tertiary/aromatic N) is 3. The maximum Gasteiger partial charge on any atom is 0.156 e. The Morgan fingerprint density at radius 2 is 2.18 bits per heavy atom. The van der Waals surface area contributed by atoms with Crippen molar-refractivity contribution in [3.05, 3.63) is 29.0 Å². The van der Waals surface area contributed by atoms with Crippen LogP contribution in [0.2, 0.25) is 10.3 Å². The van der Waals surface area contributed by atoms with E-state index < -0.39 is 0 Å². The van der Waals surface area contributed by atoms with Gasteiger partial charge in [-0.2, -0.15) is 0 Å². The van der Waals surface area contributed by atoms with Gasteiger partial charge in [0, 0.05) is 6.20 Å². The van der Waals surface area contributed by atoms with E-state index in [0.717, 1.165) is 5.52 Å². The highest BCUT2D eigenvalue weighted by molar-refractivity contribution is 6.34. The van der Waals surface area contributed by atoms with E-state index in [1.54, 1.807) is 23.1 Å². The molecule has 0 N–H and O–H groups in total. The molecule has 0 aliphatic heterocycles. The predicted molar refractivity (Wildman–Crippen MR) is 43.0 cm³/mol. The maximum atomic E-state index is 5.75. The SMILES string of the molecule is Clc1cn2cncc2c(Cl)n1. The van der Waals surface area contributed by atoms with Gasteiger partial charge in [-0.3, -0.25) is 0 Å². The van der Waals surface area contributed by atoms with Gasteiger partial charge in [-0.25, -0.2) is 9.97 Å². The Bertz CT molecular complexity index is 396. The smallest absolute Gasteiger partial charge is 0.156 e. The molecule has 0 saturated heterocycles. The summed E-state index contributed by atoms with van der Waals surface area (Å²) in [5.41, 5.74) is 0.760. The molecule has 0 fully saturated rings. The molecule has 0 bridgehead atoms. The molecule has 0 amide bonds. The molecule has 0 aliphatic rings. The Morgan fingerprint density at radius 1 is 1.36 bits per heavy atom. The van der Waals surface area contributed by atoms with E-state index >= 15 is 0 Å². The third kappa shape index (κ3) is 1.06. The number of halogens is 2. The van der Waals surface area contributed by atoms with Crippen LogP contribution >= 0.6 is 23.2 Å². The molecule has 0 aliphatic carbocycles. The average molecular weight is 188 g/mol. The molecule has 0 radical (unpaired) electrons. The summed E-state index contributed by atoms with van der Waals surface area (Å²) in [4.78, 5) is 7.73. The summed E-state index contributed by atoms with van der Waals surface area (Å²) in [6, 6.07) is 0. The molecule has 5 heteroatoms. The van der Waals surface area contributed by atoms with Crippen molar-refractivity contribution in [2.75, 3.05) is 0 Å². The van der Waals surface area contributed by atoms with Crippen LogP contribution < -0.4 is 0 Å². The monoisotopic (exact) mass is 187 g/mol. The van der Waals surface area contributed by atoms with E-state index in [2.05, 4.69) is 9.97 Å². The highest BCUT2D eigenvalue weighted by atomic mass is 35.5. The van der Waals surface area contributed by atoms with Crippen LogP contribution in [0.15, 0.2) is 18.7 Å². The van der Waals surface area contributed by atoms with Gasteiger partial charge >= 0.3 is 0 Å². The minimum atomic E-state index is 0.362. The van der Waals surface area contributed by atoms with E-state index in [1.165, 1.54) is 0 Å². The molecule has 2 aromatic rings. The van der Waals surface area contributed by atoms with Gasteiger partial charge in [0.05, 0.1) is 12.5 Å². The minimum absolute atomic E-state index is 0.362. The van der Waals surface area contributed by atoms with Crippen molar-refractivity contribution in [2.24, 2.45) is 0 Å². The maximum absolute atomic E-state index is 5.75.